The number of alkyl halides is 4. The van der Waals surface area contributed by atoms with Crippen molar-refractivity contribution in [3.8, 4) is 0 Å². The highest BCUT2D eigenvalue weighted by atomic mass is 35.5. The van der Waals surface area contributed by atoms with Crippen molar-refractivity contribution in [1.29, 1.82) is 0 Å². The van der Waals surface area contributed by atoms with Crippen LogP contribution in [0, 0.1) is 12.7 Å². The summed E-state index contributed by atoms with van der Waals surface area (Å²) in [5.74, 6) is -0.104. The molecule has 0 amide bonds. The SMILES string of the molecule is Cc1cc2c(cc1F)nc(C(C)Cl)n2CCSC(F)(F)F. The summed E-state index contributed by atoms with van der Waals surface area (Å²) in [6.45, 7) is 3.39. The van der Waals surface area contributed by atoms with Gasteiger partial charge >= 0.3 is 5.51 Å². The molecule has 0 saturated carbocycles. The Morgan fingerprint density at radius 3 is 2.62 bits per heavy atom. The van der Waals surface area contributed by atoms with Gasteiger partial charge in [-0.3, -0.25) is 0 Å². The van der Waals surface area contributed by atoms with E-state index in [4.69, 9.17) is 11.6 Å². The Labute approximate surface area is 128 Å². The van der Waals surface area contributed by atoms with Crippen LogP contribution in [0.25, 0.3) is 11.0 Å². The summed E-state index contributed by atoms with van der Waals surface area (Å²) >= 11 is 5.92. The third-order valence-electron chi connectivity index (χ3n) is 2.99. The summed E-state index contributed by atoms with van der Waals surface area (Å²) in [5.41, 5.74) is -2.86. The molecule has 1 heterocycles. The maximum Gasteiger partial charge on any atom is 0.441 e. The zero-order valence-electron chi connectivity index (χ0n) is 11.3. The Morgan fingerprint density at radius 2 is 2.05 bits per heavy atom. The number of benzene rings is 1. The van der Waals surface area contributed by atoms with Gasteiger partial charge in [-0.05, 0) is 37.2 Å². The zero-order valence-corrected chi connectivity index (χ0v) is 12.9. The molecule has 0 saturated heterocycles. The second kappa shape index (κ2) is 6.04. The summed E-state index contributed by atoms with van der Waals surface area (Å²) in [5, 5.41) is -0.475. The first-order valence-corrected chi connectivity index (χ1v) is 7.62. The van der Waals surface area contributed by atoms with E-state index < -0.39 is 16.7 Å². The molecule has 0 spiro atoms. The molecule has 0 radical (unpaired) electrons. The number of hydrogen-bond donors (Lipinski definition) is 0. The number of aromatic nitrogens is 2. The minimum atomic E-state index is -4.27. The fourth-order valence-electron chi connectivity index (χ4n) is 2.06. The van der Waals surface area contributed by atoms with Gasteiger partial charge < -0.3 is 4.57 Å². The van der Waals surface area contributed by atoms with Crippen LogP contribution in [0.3, 0.4) is 0 Å². The van der Waals surface area contributed by atoms with E-state index in [0.29, 0.717) is 22.4 Å². The van der Waals surface area contributed by atoms with Crippen molar-refractivity contribution in [2.45, 2.75) is 31.3 Å². The normalized spacial score (nSPS) is 13.9. The molecule has 1 atom stereocenters. The summed E-state index contributed by atoms with van der Waals surface area (Å²) in [4.78, 5) is 4.23. The molecule has 1 aromatic heterocycles. The molecule has 1 aromatic carbocycles. The summed E-state index contributed by atoms with van der Waals surface area (Å²) in [7, 11) is 0. The van der Waals surface area contributed by atoms with E-state index in [1.807, 2.05) is 0 Å². The largest absolute Gasteiger partial charge is 0.441 e. The fraction of sp³-hybridized carbons (Fsp3) is 0.462. The number of halogens is 5. The molecular formula is C13H13ClF4N2S. The van der Waals surface area contributed by atoms with E-state index in [1.165, 1.54) is 6.07 Å². The van der Waals surface area contributed by atoms with E-state index in [2.05, 4.69) is 4.98 Å². The van der Waals surface area contributed by atoms with Crippen molar-refractivity contribution in [1.82, 2.24) is 9.55 Å². The van der Waals surface area contributed by atoms with Gasteiger partial charge in [-0.1, -0.05) is 0 Å². The lowest BCUT2D eigenvalue weighted by atomic mass is 10.2. The van der Waals surface area contributed by atoms with E-state index >= 15 is 0 Å². The van der Waals surface area contributed by atoms with Crippen molar-refractivity contribution >= 4 is 34.4 Å². The highest BCUT2D eigenvalue weighted by molar-refractivity contribution is 8.00. The second-order valence-electron chi connectivity index (χ2n) is 4.62. The number of thioether (sulfide) groups is 1. The Morgan fingerprint density at radius 1 is 1.38 bits per heavy atom. The highest BCUT2D eigenvalue weighted by Crippen LogP contribution is 2.32. The summed E-state index contributed by atoms with van der Waals surface area (Å²) in [6, 6.07) is 2.86. The summed E-state index contributed by atoms with van der Waals surface area (Å²) in [6.07, 6.45) is 0. The molecule has 2 rings (SSSR count). The summed E-state index contributed by atoms with van der Waals surface area (Å²) < 4.78 is 51.9. The monoisotopic (exact) mass is 340 g/mol. The Kier molecular flexibility index (Phi) is 4.72. The molecule has 21 heavy (non-hydrogen) atoms. The van der Waals surface area contributed by atoms with Crippen LogP contribution in [-0.4, -0.2) is 20.8 Å². The van der Waals surface area contributed by atoms with Crippen molar-refractivity contribution in [2.75, 3.05) is 5.75 Å². The first kappa shape index (κ1) is 16.4. The van der Waals surface area contributed by atoms with Crippen LogP contribution in [0.15, 0.2) is 12.1 Å². The number of rotatable bonds is 4. The number of fused-ring (bicyclic) bond motifs is 1. The van der Waals surface area contributed by atoms with Crippen LogP contribution in [0.5, 0.6) is 0 Å². The molecule has 0 fully saturated rings. The lowest BCUT2D eigenvalue weighted by Crippen LogP contribution is -2.10. The molecule has 2 nitrogen and oxygen atoms in total. The minimum Gasteiger partial charge on any atom is -0.326 e. The number of hydrogen-bond acceptors (Lipinski definition) is 2. The standard InChI is InChI=1S/C13H13ClF4N2S/c1-7-5-11-10(6-9(7)15)19-12(8(2)14)20(11)3-4-21-13(16,17)18/h5-6,8H,3-4H2,1-2H3. The Bertz CT molecular complexity index is 652. The average Bonchev–Trinajstić information content (AvgIpc) is 2.67. The van der Waals surface area contributed by atoms with E-state index in [9.17, 15) is 17.6 Å². The third kappa shape index (κ3) is 3.83. The molecule has 8 heteroatoms. The quantitative estimate of drug-likeness (QED) is 0.573. The molecule has 0 aliphatic rings. The highest BCUT2D eigenvalue weighted by Gasteiger charge is 2.28. The van der Waals surface area contributed by atoms with Gasteiger partial charge in [0.25, 0.3) is 0 Å². The zero-order chi connectivity index (χ0) is 15.8. The fourth-order valence-corrected chi connectivity index (χ4v) is 2.73. The third-order valence-corrected chi connectivity index (χ3v) is 3.90. The van der Waals surface area contributed by atoms with Gasteiger partial charge in [-0.15, -0.1) is 11.6 Å². The Hall–Kier alpha value is -0.950. The second-order valence-corrected chi connectivity index (χ2v) is 6.44. The van der Waals surface area contributed by atoms with Crippen molar-refractivity contribution < 1.29 is 17.6 Å². The maximum absolute atomic E-state index is 13.6. The predicted octanol–water partition coefficient (Wildman–Crippen LogP) is 5.04. The molecule has 0 aliphatic heterocycles. The number of imidazole rings is 1. The topological polar surface area (TPSA) is 17.8 Å². The van der Waals surface area contributed by atoms with Crippen LogP contribution < -0.4 is 0 Å². The minimum absolute atomic E-state index is 0.0976. The van der Waals surface area contributed by atoms with E-state index in [-0.39, 0.29) is 24.1 Å². The predicted molar refractivity (Wildman–Crippen MR) is 77.2 cm³/mol. The van der Waals surface area contributed by atoms with Gasteiger partial charge in [0.15, 0.2) is 0 Å². The van der Waals surface area contributed by atoms with Crippen LogP contribution in [0.2, 0.25) is 0 Å². The molecule has 1 unspecified atom stereocenters. The first-order valence-electron chi connectivity index (χ1n) is 6.20. The Balaban J connectivity index is 2.39. The molecule has 116 valence electrons. The van der Waals surface area contributed by atoms with Crippen LogP contribution in [-0.2, 0) is 6.54 Å². The van der Waals surface area contributed by atoms with Gasteiger partial charge in [0.1, 0.15) is 11.6 Å². The lowest BCUT2D eigenvalue weighted by Gasteiger charge is -2.11. The van der Waals surface area contributed by atoms with Crippen molar-refractivity contribution in [3.63, 3.8) is 0 Å². The first-order chi connectivity index (χ1) is 9.69. The lowest BCUT2D eigenvalue weighted by molar-refractivity contribution is -0.0328. The molecule has 0 aliphatic carbocycles. The number of aryl methyl sites for hydroxylation is 2. The van der Waals surface area contributed by atoms with Crippen molar-refractivity contribution in [3.05, 3.63) is 29.3 Å². The van der Waals surface area contributed by atoms with Gasteiger partial charge in [-0.2, -0.15) is 13.2 Å². The van der Waals surface area contributed by atoms with E-state index in [1.54, 1.807) is 24.5 Å². The molecule has 0 N–H and O–H groups in total. The smallest absolute Gasteiger partial charge is 0.326 e. The molecule has 0 bridgehead atoms. The van der Waals surface area contributed by atoms with Crippen LogP contribution in [0.1, 0.15) is 23.7 Å². The van der Waals surface area contributed by atoms with Gasteiger partial charge in [0, 0.05) is 18.4 Å². The van der Waals surface area contributed by atoms with Crippen LogP contribution in [0.4, 0.5) is 17.6 Å². The number of nitrogens with zero attached hydrogens (tertiary/aromatic N) is 2. The van der Waals surface area contributed by atoms with Crippen LogP contribution >= 0.6 is 23.4 Å². The average molecular weight is 341 g/mol. The molecule has 2 aromatic rings. The molecular weight excluding hydrogens is 328 g/mol. The van der Waals surface area contributed by atoms with Gasteiger partial charge in [0.2, 0.25) is 0 Å². The van der Waals surface area contributed by atoms with E-state index in [0.717, 1.165) is 0 Å². The van der Waals surface area contributed by atoms with Gasteiger partial charge in [-0.25, -0.2) is 9.37 Å². The maximum atomic E-state index is 13.6. The van der Waals surface area contributed by atoms with Gasteiger partial charge in [0.05, 0.1) is 16.4 Å². The van der Waals surface area contributed by atoms with Crippen molar-refractivity contribution in [2.24, 2.45) is 0 Å².